The molecule has 118 valence electrons. The molecule has 0 bridgehead atoms. The van der Waals surface area contributed by atoms with E-state index < -0.39 is 10.4 Å². The molecule has 5 N–H and O–H groups in total. The predicted molar refractivity (Wildman–Crippen MR) is 79.2 cm³/mol. The lowest BCUT2D eigenvalue weighted by molar-refractivity contribution is 0.101. The van der Waals surface area contributed by atoms with Crippen LogP contribution in [0.5, 0.6) is 0 Å². The molecule has 0 aromatic rings. The summed E-state index contributed by atoms with van der Waals surface area (Å²) >= 11 is 0. The summed E-state index contributed by atoms with van der Waals surface area (Å²) in [5, 5.41) is 0. The third-order valence-corrected chi connectivity index (χ3v) is 3.76. The maximum atomic E-state index is 8.74. The first kappa shape index (κ1) is 21.1. The van der Waals surface area contributed by atoms with E-state index in [0.29, 0.717) is 0 Å². The average Bonchev–Trinajstić information content (AvgIpc) is 2.18. The van der Waals surface area contributed by atoms with Crippen molar-refractivity contribution in [1.82, 2.24) is 6.15 Å². The van der Waals surface area contributed by atoms with E-state index in [1.165, 1.54) is 64.2 Å². The van der Waals surface area contributed by atoms with Crippen LogP contribution in [0.15, 0.2) is 0 Å². The molecule has 0 aliphatic heterocycles. The second kappa shape index (κ2) is 10.6. The van der Waals surface area contributed by atoms with E-state index in [-0.39, 0.29) is 6.15 Å². The zero-order chi connectivity index (χ0) is 14.1. The van der Waals surface area contributed by atoms with Crippen LogP contribution in [0.3, 0.4) is 0 Å². The van der Waals surface area contributed by atoms with E-state index in [2.05, 4.69) is 13.8 Å². The molecule has 1 rings (SSSR count). The van der Waals surface area contributed by atoms with Gasteiger partial charge < -0.3 is 6.15 Å². The topological polar surface area (TPSA) is 110 Å². The summed E-state index contributed by atoms with van der Waals surface area (Å²) in [6.07, 6.45) is 14.8. The summed E-state index contributed by atoms with van der Waals surface area (Å²) in [5.74, 6) is 0. The fraction of sp³-hybridized carbons (Fsp3) is 1.00. The molecule has 0 unspecified atom stereocenters. The minimum Gasteiger partial charge on any atom is -0.344 e. The SMILES string of the molecule is CCCCCCC1(CCC)CCC1.N.O=S(=O)(O)O. The molecule has 0 atom stereocenters. The lowest BCUT2D eigenvalue weighted by atomic mass is 9.63. The Balaban J connectivity index is 0. The van der Waals surface area contributed by atoms with Crippen LogP contribution < -0.4 is 6.15 Å². The fourth-order valence-corrected chi connectivity index (χ4v) is 2.76. The van der Waals surface area contributed by atoms with Gasteiger partial charge in [-0.25, -0.2) is 0 Å². The Morgan fingerprint density at radius 3 is 1.79 bits per heavy atom. The summed E-state index contributed by atoms with van der Waals surface area (Å²) in [7, 11) is -4.67. The van der Waals surface area contributed by atoms with E-state index in [0.717, 1.165) is 5.41 Å². The lowest BCUT2D eigenvalue weighted by Gasteiger charge is -2.42. The third-order valence-electron chi connectivity index (χ3n) is 3.76. The van der Waals surface area contributed by atoms with E-state index in [9.17, 15) is 0 Å². The summed E-state index contributed by atoms with van der Waals surface area (Å²) < 4.78 is 31.6. The second-order valence-electron chi connectivity index (χ2n) is 5.36. The van der Waals surface area contributed by atoms with Crippen molar-refractivity contribution in [2.75, 3.05) is 0 Å². The van der Waals surface area contributed by atoms with Gasteiger partial charge in [0.2, 0.25) is 0 Å². The third kappa shape index (κ3) is 12.6. The zero-order valence-corrected chi connectivity index (χ0v) is 13.2. The van der Waals surface area contributed by atoms with Crippen molar-refractivity contribution in [2.24, 2.45) is 5.41 Å². The molecule has 0 saturated heterocycles. The minimum atomic E-state index is -4.67. The molecule has 6 heteroatoms. The standard InChI is InChI=1S/C13H26.H3N.H2O4S/c1-3-5-6-7-10-13(9-4-2)11-8-12-13;;1-5(2,3)4/h3-12H2,1-2H3;1H3;(H2,1,2,3,4). The number of hydrogen-bond donors (Lipinski definition) is 3. The quantitative estimate of drug-likeness (QED) is 0.475. The molecule has 1 fully saturated rings. The summed E-state index contributed by atoms with van der Waals surface area (Å²) in [4.78, 5) is 0. The summed E-state index contributed by atoms with van der Waals surface area (Å²) in [5.41, 5.74) is 0.822. The van der Waals surface area contributed by atoms with Gasteiger partial charge >= 0.3 is 10.4 Å². The second-order valence-corrected chi connectivity index (χ2v) is 6.26. The lowest BCUT2D eigenvalue weighted by Crippen LogP contribution is -2.28. The van der Waals surface area contributed by atoms with Crippen molar-refractivity contribution >= 4 is 10.4 Å². The summed E-state index contributed by atoms with van der Waals surface area (Å²) in [6.45, 7) is 4.64. The van der Waals surface area contributed by atoms with Crippen LogP contribution in [0.4, 0.5) is 0 Å². The van der Waals surface area contributed by atoms with Gasteiger partial charge in [-0.05, 0) is 31.1 Å². The number of rotatable bonds is 7. The highest BCUT2D eigenvalue weighted by Crippen LogP contribution is 2.48. The molecular formula is C13H31NO4S. The molecule has 0 heterocycles. The van der Waals surface area contributed by atoms with Crippen LogP contribution in [0.1, 0.15) is 78.1 Å². The predicted octanol–water partition coefficient (Wildman–Crippen LogP) is 4.44. The highest BCUT2D eigenvalue weighted by atomic mass is 32.3. The monoisotopic (exact) mass is 297 g/mol. The van der Waals surface area contributed by atoms with Crippen LogP contribution in [-0.2, 0) is 10.4 Å². The van der Waals surface area contributed by atoms with E-state index in [1.807, 2.05) is 0 Å². The molecule has 0 amide bonds. The summed E-state index contributed by atoms with van der Waals surface area (Å²) in [6, 6.07) is 0. The van der Waals surface area contributed by atoms with Gasteiger partial charge in [-0.3, -0.25) is 9.11 Å². The average molecular weight is 297 g/mol. The Labute approximate surface area is 118 Å². The molecule has 0 radical (unpaired) electrons. The first-order chi connectivity index (χ1) is 8.33. The van der Waals surface area contributed by atoms with Gasteiger partial charge in [0, 0.05) is 0 Å². The molecular weight excluding hydrogens is 266 g/mol. The molecule has 1 aliphatic rings. The Bertz CT molecular complexity index is 292. The van der Waals surface area contributed by atoms with Gasteiger partial charge in [0.25, 0.3) is 0 Å². The van der Waals surface area contributed by atoms with E-state index in [1.54, 1.807) is 0 Å². The van der Waals surface area contributed by atoms with Crippen molar-refractivity contribution in [3.63, 3.8) is 0 Å². The van der Waals surface area contributed by atoms with E-state index in [4.69, 9.17) is 17.5 Å². The van der Waals surface area contributed by atoms with Crippen LogP contribution in [-0.4, -0.2) is 17.5 Å². The van der Waals surface area contributed by atoms with Gasteiger partial charge in [0.05, 0.1) is 0 Å². The molecule has 1 aliphatic carbocycles. The highest BCUT2D eigenvalue weighted by Gasteiger charge is 2.34. The molecule has 5 nitrogen and oxygen atoms in total. The molecule has 0 spiro atoms. The van der Waals surface area contributed by atoms with Crippen molar-refractivity contribution in [2.45, 2.75) is 78.1 Å². The Morgan fingerprint density at radius 1 is 0.947 bits per heavy atom. The normalized spacial score (nSPS) is 16.6. The highest BCUT2D eigenvalue weighted by molar-refractivity contribution is 7.79. The van der Waals surface area contributed by atoms with Crippen LogP contribution in [0, 0.1) is 5.41 Å². The zero-order valence-electron chi connectivity index (χ0n) is 12.4. The van der Waals surface area contributed by atoms with Crippen molar-refractivity contribution in [3.8, 4) is 0 Å². The van der Waals surface area contributed by atoms with Gasteiger partial charge in [0.15, 0.2) is 0 Å². The van der Waals surface area contributed by atoms with Crippen molar-refractivity contribution in [3.05, 3.63) is 0 Å². The molecule has 0 aromatic carbocycles. The smallest absolute Gasteiger partial charge is 0.344 e. The largest absolute Gasteiger partial charge is 0.394 e. The molecule has 0 aromatic heterocycles. The molecule has 1 saturated carbocycles. The minimum absolute atomic E-state index is 0. The Kier molecular flexibility index (Phi) is 11.8. The van der Waals surface area contributed by atoms with E-state index >= 15 is 0 Å². The first-order valence-electron chi connectivity index (χ1n) is 7.03. The van der Waals surface area contributed by atoms with Crippen LogP contribution >= 0.6 is 0 Å². The van der Waals surface area contributed by atoms with Crippen LogP contribution in [0.25, 0.3) is 0 Å². The first-order valence-corrected chi connectivity index (χ1v) is 8.42. The van der Waals surface area contributed by atoms with Gasteiger partial charge in [-0.2, -0.15) is 8.42 Å². The number of hydrogen-bond acceptors (Lipinski definition) is 3. The maximum absolute atomic E-state index is 8.74. The van der Waals surface area contributed by atoms with Crippen molar-refractivity contribution in [1.29, 1.82) is 0 Å². The van der Waals surface area contributed by atoms with Crippen molar-refractivity contribution < 1.29 is 17.5 Å². The Morgan fingerprint density at radius 2 is 1.47 bits per heavy atom. The Hall–Kier alpha value is -0.170. The van der Waals surface area contributed by atoms with Gasteiger partial charge in [0.1, 0.15) is 0 Å². The number of unbranched alkanes of at least 4 members (excludes halogenated alkanes) is 3. The fourth-order valence-electron chi connectivity index (χ4n) is 2.76. The van der Waals surface area contributed by atoms with Crippen LogP contribution in [0.2, 0.25) is 0 Å². The maximum Gasteiger partial charge on any atom is 0.394 e. The molecule has 19 heavy (non-hydrogen) atoms. The van der Waals surface area contributed by atoms with Gasteiger partial charge in [-0.1, -0.05) is 52.4 Å². The van der Waals surface area contributed by atoms with Gasteiger partial charge in [-0.15, -0.1) is 0 Å².